The maximum Gasteiger partial charge on any atom is 0.119 e. The first-order valence-corrected chi connectivity index (χ1v) is 6.30. The normalized spacial score (nSPS) is 20.2. The smallest absolute Gasteiger partial charge is 0.119 e. The second-order valence-electron chi connectivity index (χ2n) is 4.58. The summed E-state index contributed by atoms with van der Waals surface area (Å²) in [5.74, 6) is 1.57. The molecule has 1 aromatic rings. The highest BCUT2D eigenvalue weighted by Gasteiger charge is 2.12. The predicted molar refractivity (Wildman–Crippen MR) is 68.2 cm³/mol. The van der Waals surface area contributed by atoms with Crippen LogP contribution in [-0.2, 0) is 11.3 Å². The number of benzene rings is 1. The molecule has 17 heavy (non-hydrogen) atoms. The van der Waals surface area contributed by atoms with Crippen molar-refractivity contribution in [2.24, 2.45) is 5.92 Å². The summed E-state index contributed by atoms with van der Waals surface area (Å²) in [6, 6.07) is 8.05. The van der Waals surface area contributed by atoms with Crippen LogP contribution < -0.4 is 10.1 Å². The van der Waals surface area contributed by atoms with E-state index in [9.17, 15) is 0 Å². The van der Waals surface area contributed by atoms with E-state index in [1.165, 1.54) is 18.4 Å². The van der Waals surface area contributed by atoms with Crippen LogP contribution in [-0.4, -0.2) is 26.8 Å². The van der Waals surface area contributed by atoms with Crippen molar-refractivity contribution in [2.75, 3.05) is 26.8 Å². The molecule has 0 bridgehead atoms. The zero-order chi connectivity index (χ0) is 11.9. The van der Waals surface area contributed by atoms with Gasteiger partial charge in [0.15, 0.2) is 0 Å². The summed E-state index contributed by atoms with van der Waals surface area (Å²) in [5.41, 5.74) is 1.17. The minimum atomic E-state index is 0.674. The van der Waals surface area contributed by atoms with Gasteiger partial charge in [-0.1, -0.05) is 12.1 Å². The van der Waals surface area contributed by atoms with E-state index in [4.69, 9.17) is 9.47 Å². The second kappa shape index (κ2) is 6.62. The van der Waals surface area contributed by atoms with E-state index in [2.05, 4.69) is 11.4 Å². The van der Waals surface area contributed by atoms with Crippen LogP contribution in [0.3, 0.4) is 0 Å². The number of methoxy groups -OCH3 is 1. The first-order valence-electron chi connectivity index (χ1n) is 6.30. The molecule has 0 aliphatic carbocycles. The maximum absolute atomic E-state index is 5.76. The van der Waals surface area contributed by atoms with E-state index in [0.717, 1.165) is 25.4 Å². The molecular formula is C14H21NO2. The number of ether oxygens (including phenoxy) is 2. The Morgan fingerprint density at radius 2 is 2.35 bits per heavy atom. The molecular weight excluding hydrogens is 214 g/mol. The van der Waals surface area contributed by atoms with Crippen molar-refractivity contribution >= 4 is 0 Å². The fraction of sp³-hybridized carbons (Fsp3) is 0.571. The molecule has 1 N–H and O–H groups in total. The molecule has 0 amide bonds. The van der Waals surface area contributed by atoms with Crippen LogP contribution in [0.15, 0.2) is 24.3 Å². The van der Waals surface area contributed by atoms with Gasteiger partial charge in [0.2, 0.25) is 0 Å². The molecule has 3 nitrogen and oxygen atoms in total. The minimum Gasteiger partial charge on any atom is -0.497 e. The summed E-state index contributed by atoms with van der Waals surface area (Å²) >= 11 is 0. The van der Waals surface area contributed by atoms with Crippen molar-refractivity contribution < 1.29 is 9.47 Å². The molecule has 1 aliphatic heterocycles. The van der Waals surface area contributed by atoms with Gasteiger partial charge >= 0.3 is 0 Å². The van der Waals surface area contributed by atoms with Gasteiger partial charge in [0.1, 0.15) is 5.75 Å². The Balaban J connectivity index is 1.73. The van der Waals surface area contributed by atoms with Crippen molar-refractivity contribution in [3.05, 3.63) is 29.8 Å². The van der Waals surface area contributed by atoms with Gasteiger partial charge in [-0.25, -0.2) is 0 Å². The van der Waals surface area contributed by atoms with Crippen LogP contribution in [0.4, 0.5) is 0 Å². The zero-order valence-corrected chi connectivity index (χ0v) is 10.4. The second-order valence-corrected chi connectivity index (χ2v) is 4.58. The van der Waals surface area contributed by atoms with Crippen LogP contribution in [0.1, 0.15) is 18.4 Å². The molecule has 1 atom stereocenters. The molecule has 1 aromatic carbocycles. The molecule has 2 rings (SSSR count). The molecule has 0 aromatic heterocycles. The summed E-state index contributed by atoms with van der Waals surface area (Å²) in [5, 5.41) is 3.40. The maximum atomic E-state index is 5.76. The Morgan fingerprint density at radius 3 is 3.12 bits per heavy atom. The Morgan fingerprint density at radius 1 is 1.41 bits per heavy atom. The minimum absolute atomic E-state index is 0.674. The summed E-state index contributed by atoms with van der Waals surface area (Å²) in [7, 11) is 1.69. The Bertz CT molecular complexity index is 335. The Kier molecular flexibility index (Phi) is 4.83. The lowest BCUT2D eigenvalue weighted by Gasteiger charge is -2.22. The lowest BCUT2D eigenvalue weighted by atomic mass is 10.0. The third-order valence-corrected chi connectivity index (χ3v) is 3.16. The summed E-state index contributed by atoms with van der Waals surface area (Å²) in [6.07, 6.45) is 2.55. The topological polar surface area (TPSA) is 30.5 Å². The molecule has 0 saturated carbocycles. The molecule has 0 spiro atoms. The summed E-state index contributed by atoms with van der Waals surface area (Å²) in [6.45, 7) is 3.78. The van der Waals surface area contributed by atoms with Crippen molar-refractivity contribution in [1.82, 2.24) is 5.32 Å². The van der Waals surface area contributed by atoms with E-state index >= 15 is 0 Å². The molecule has 1 aliphatic rings. The third kappa shape index (κ3) is 4.02. The van der Waals surface area contributed by atoms with Gasteiger partial charge < -0.3 is 14.8 Å². The molecule has 94 valence electrons. The fourth-order valence-electron chi connectivity index (χ4n) is 2.17. The summed E-state index contributed by atoms with van der Waals surface area (Å²) in [4.78, 5) is 0. The van der Waals surface area contributed by atoms with Crippen LogP contribution >= 0.6 is 0 Å². The van der Waals surface area contributed by atoms with E-state index < -0.39 is 0 Å². The number of nitrogens with one attached hydrogen (secondary N) is 1. The molecule has 1 heterocycles. The van der Waals surface area contributed by atoms with Crippen molar-refractivity contribution in [2.45, 2.75) is 19.4 Å². The molecule has 0 radical (unpaired) electrons. The SMILES string of the molecule is COc1cccc(COC[C@H]2CCCNC2)c1. The summed E-state index contributed by atoms with van der Waals surface area (Å²) < 4.78 is 10.9. The van der Waals surface area contributed by atoms with Gasteiger partial charge in [0.05, 0.1) is 20.3 Å². The van der Waals surface area contributed by atoms with Gasteiger partial charge in [-0.3, -0.25) is 0 Å². The largest absolute Gasteiger partial charge is 0.497 e. The molecule has 1 saturated heterocycles. The van der Waals surface area contributed by atoms with Gasteiger partial charge in [-0.15, -0.1) is 0 Å². The van der Waals surface area contributed by atoms with Crippen LogP contribution in [0.2, 0.25) is 0 Å². The van der Waals surface area contributed by atoms with E-state index in [1.807, 2.05) is 18.2 Å². The highest BCUT2D eigenvalue weighted by Crippen LogP contribution is 2.15. The predicted octanol–water partition coefficient (Wildman–Crippen LogP) is 2.21. The highest BCUT2D eigenvalue weighted by atomic mass is 16.5. The third-order valence-electron chi connectivity index (χ3n) is 3.16. The number of piperidine rings is 1. The Hall–Kier alpha value is -1.06. The first-order chi connectivity index (χ1) is 8.38. The lowest BCUT2D eigenvalue weighted by Crippen LogP contribution is -2.32. The number of hydrogen-bond acceptors (Lipinski definition) is 3. The average molecular weight is 235 g/mol. The van der Waals surface area contributed by atoms with Crippen LogP contribution in [0.25, 0.3) is 0 Å². The molecule has 3 heteroatoms. The van der Waals surface area contributed by atoms with Crippen LogP contribution in [0, 0.1) is 5.92 Å². The van der Waals surface area contributed by atoms with Crippen molar-refractivity contribution in [3.63, 3.8) is 0 Å². The van der Waals surface area contributed by atoms with E-state index in [0.29, 0.717) is 12.5 Å². The quantitative estimate of drug-likeness (QED) is 0.848. The average Bonchev–Trinajstić information content (AvgIpc) is 2.40. The molecule has 1 fully saturated rings. The van der Waals surface area contributed by atoms with Gasteiger partial charge in [-0.2, -0.15) is 0 Å². The molecule has 0 unspecified atom stereocenters. The van der Waals surface area contributed by atoms with Gasteiger partial charge in [0.25, 0.3) is 0 Å². The standard InChI is InChI=1S/C14H21NO2/c1-16-14-6-2-4-12(8-14)10-17-11-13-5-3-7-15-9-13/h2,4,6,8,13,15H,3,5,7,9-11H2,1H3/t13-/m0/s1. The fourth-order valence-corrected chi connectivity index (χ4v) is 2.17. The zero-order valence-electron chi connectivity index (χ0n) is 10.4. The van der Waals surface area contributed by atoms with Gasteiger partial charge in [-0.05, 0) is 43.0 Å². The number of rotatable bonds is 5. The van der Waals surface area contributed by atoms with Crippen molar-refractivity contribution in [3.8, 4) is 5.75 Å². The van der Waals surface area contributed by atoms with Crippen molar-refractivity contribution in [1.29, 1.82) is 0 Å². The van der Waals surface area contributed by atoms with E-state index in [1.54, 1.807) is 7.11 Å². The van der Waals surface area contributed by atoms with Gasteiger partial charge in [0, 0.05) is 6.54 Å². The number of hydrogen-bond donors (Lipinski definition) is 1. The monoisotopic (exact) mass is 235 g/mol. The Labute approximate surface area is 103 Å². The van der Waals surface area contributed by atoms with Crippen LogP contribution in [0.5, 0.6) is 5.75 Å². The lowest BCUT2D eigenvalue weighted by molar-refractivity contribution is 0.0782. The first kappa shape index (κ1) is 12.4. The van der Waals surface area contributed by atoms with E-state index in [-0.39, 0.29) is 0 Å². The highest BCUT2D eigenvalue weighted by molar-refractivity contribution is 5.27.